The molecular formula is C22H18Br2N4. The van der Waals surface area contributed by atoms with Gasteiger partial charge in [0.1, 0.15) is 0 Å². The minimum Gasteiger partial charge on any atom is -0.354 e. The minimum atomic E-state index is -0.0168. The number of rotatable bonds is 0. The molecule has 2 aliphatic rings. The van der Waals surface area contributed by atoms with E-state index in [-0.39, 0.29) is 5.41 Å². The van der Waals surface area contributed by atoms with Gasteiger partial charge in [-0.25, -0.2) is 4.98 Å². The van der Waals surface area contributed by atoms with Gasteiger partial charge in [0, 0.05) is 43.2 Å². The molecular weight excluding hydrogens is 480 g/mol. The molecule has 0 amide bonds. The summed E-state index contributed by atoms with van der Waals surface area (Å²) in [6.07, 6.45) is 4.95. The third-order valence-electron chi connectivity index (χ3n) is 5.10. The summed E-state index contributed by atoms with van der Waals surface area (Å²) in [6.45, 7) is 4.47. The molecule has 0 fully saturated rings. The summed E-state index contributed by atoms with van der Waals surface area (Å²) in [5.41, 5.74) is 8.03. The van der Waals surface area contributed by atoms with E-state index in [0.717, 1.165) is 60.2 Å². The van der Waals surface area contributed by atoms with Crippen molar-refractivity contribution < 1.29 is 0 Å². The third-order valence-corrected chi connectivity index (χ3v) is 6.41. The van der Waals surface area contributed by atoms with Gasteiger partial charge in [0.05, 0.1) is 22.4 Å². The van der Waals surface area contributed by atoms with Crippen molar-refractivity contribution in [3.8, 4) is 0 Å². The summed E-state index contributed by atoms with van der Waals surface area (Å²) >= 11 is 7.32. The molecule has 4 nitrogen and oxygen atoms in total. The summed E-state index contributed by atoms with van der Waals surface area (Å²) in [6, 6.07) is 12.5. The van der Waals surface area contributed by atoms with Crippen LogP contribution in [0.5, 0.6) is 0 Å². The van der Waals surface area contributed by atoms with Gasteiger partial charge in [-0.05, 0) is 80.4 Å². The quantitative estimate of drug-likeness (QED) is 0.290. The van der Waals surface area contributed by atoms with Gasteiger partial charge in [-0.1, -0.05) is 13.8 Å². The van der Waals surface area contributed by atoms with Gasteiger partial charge in [-0.2, -0.15) is 0 Å². The molecule has 140 valence electrons. The molecule has 0 unspecified atom stereocenters. The summed E-state index contributed by atoms with van der Waals surface area (Å²) in [5.74, 6) is 0. The highest BCUT2D eigenvalue weighted by atomic mass is 79.9. The molecule has 6 heteroatoms. The smallest absolute Gasteiger partial charge is 0.0658 e. The molecule has 0 saturated carbocycles. The molecule has 0 radical (unpaired) electrons. The van der Waals surface area contributed by atoms with Crippen LogP contribution in [0, 0.1) is 0 Å². The van der Waals surface area contributed by atoms with Crippen molar-refractivity contribution in [2.45, 2.75) is 25.7 Å². The molecule has 0 atom stereocenters. The molecule has 0 spiro atoms. The van der Waals surface area contributed by atoms with E-state index in [1.807, 2.05) is 24.3 Å². The van der Waals surface area contributed by atoms with Crippen LogP contribution in [-0.4, -0.2) is 19.9 Å². The maximum atomic E-state index is 4.93. The Labute approximate surface area is 179 Å². The van der Waals surface area contributed by atoms with Gasteiger partial charge in [0.2, 0.25) is 0 Å². The summed E-state index contributed by atoms with van der Waals surface area (Å²) in [5, 5.41) is 0. The van der Waals surface area contributed by atoms with Gasteiger partial charge in [-0.3, -0.25) is 4.98 Å². The van der Waals surface area contributed by atoms with E-state index in [4.69, 9.17) is 9.97 Å². The Hall–Kier alpha value is -2.18. The van der Waals surface area contributed by atoms with Crippen molar-refractivity contribution in [3.05, 3.63) is 68.1 Å². The van der Waals surface area contributed by atoms with E-state index in [0.29, 0.717) is 0 Å². The Morgan fingerprint density at radius 1 is 0.786 bits per heavy atom. The van der Waals surface area contributed by atoms with E-state index < -0.39 is 0 Å². The highest BCUT2D eigenvalue weighted by Gasteiger charge is 2.28. The molecule has 3 aromatic heterocycles. The average molecular weight is 498 g/mol. The number of nitrogens with zero attached hydrogens (tertiary/aromatic N) is 2. The summed E-state index contributed by atoms with van der Waals surface area (Å²) < 4.78 is 2.04. The zero-order valence-electron chi connectivity index (χ0n) is 15.5. The molecule has 2 aliphatic heterocycles. The van der Waals surface area contributed by atoms with Gasteiger partial charge >= 0.3 is 0 Å². The van der Waals surface area contributed by atoms with E-state index in [1.54, 1.807) is 0 Å². The maximum absolute atomic E-state index is 4.93. The van der Waals surface area contributed by atoms with Crippen LogP contribution >= 0.6 is 31.9 Å². The maximum Gasteiger partial charge on any atom is 0.0658 e. The summed E-state index contributed by atoms with van der Waals surface area (Å²) in [4.78, 5) is 16.6. The number of aromatic nitrogens is 4. The lowest BCUT2D eigenvalue weighted by molar-refractivity contribution is 0.543. The highest BCUT2D eigenvalue weighted by Crippen LogP contribution is 2.32. The fourth-order valence-electron chi connectivity index (χ4n) is 3.67. The molecule has 0 saturated heterocycles. The topological polar surface area (TPSA) is 57.4 Å². The second-order valence-corrected chi connectivity index (χ2v) is 9.60. The van der Waals surface area contributed by atoms with Crippen LogP contribution in [0.25, 0.3) is 34.2 Å². The number of hydrogen-bond acceptors (Lipinski definition) is 2. The van der Waals surface area contributed by atoms with Crippen molar-refractivity contribution in [1.82, 2.24) is 19.9 Å². The van der Waals surface area contributed by atoms with E-state index in [2.05, 4.69) is 79.9 Å². The largest absolute Gasteiger partial charge is 0.354 e. The SMILES string of the molecule is CC1(C)Cc2cc3[nH]c(cc4nc(cc5[nH]c(cc1n2)cc5Br)C=C4)cc3Br. The van der Waals surface area contributed by atoms with Gasteiger partial charge in [-0.15, -0.1) is 0 Å². The number of aromatic amines is 2. The molecule has 0 aliphatic carbocycles. The van der Waals surface area contributed by atoms with Crippen molar-refractivity contribution in [1.29, 1.82) is 0 Å². The van der Waals surface area contributed by atoms with Crippen LogP contribution < -0.4 is 0 Å². The molecule has 2 N–H and O–H groups in total. The Balaban J connectivity index is 1.89. The third kappa shape index (κ3) is 3.25. The van der Waals surface area contributed by atoms with Crippen LogP contribution in [0.1, 0.15) is 36.6 Å². The second kappa shape index (κ2) is 6.42. The molecule has 5 heterocycles. The Bertz CT molecular complexity index is 1290. The lowest BCUT2D eigenvalue weighted by Crippen LogP contribution is -2.14. The predicted octanol–water partition coefficient (Wildman–Crippen LogP) is 6.53. The molecule has 8 bridgehead atoms. The first-order chi connectivity index (χ1) is 13.4. The van der Waals surface area contributed by atoms with Crippen LogP contribution in [0.3, 0.4) is 0 Å². The van der Waals surface area contributed by atoms with Gasteiger partial charge < -0.3 is 9.97 Å². The van der Waals surface area contributed by atoms with Crippen LogP contribution in [0.15, 0.2) is 45.3 Å². The van der Waals surface area contributed by atoms with Crippen LogP contribution in [-0.2, 0) is 11.8 Å². The van der Waals surface area contributed by atoms with E-state index in [9.17, 15) is 0 Å². The zero-order chi connectivity index (χ0) is 19.5. The first-order valence-electron chi connectivity index (χ1n) is 9.10. The van der Waals surface area contributed by atoms with Crippen molar-refractivity contribution in [2.24, 2.45) is 0 Å². The number of nitrogens with one attached hydrogen (secondary N) is 2. The van der Waals surface area contributed by atoms with Gasteiger partial charge in [0.25, 0.3) is 0 Å². The highest BCUT2D eigenvalue weighted by molar-refractivity contribution is 9.11. The number of H-pyrrole nitrogens is 2. The standard InChI is InChI=1S/C22H18Br2N4/c1-22(2)11-16-9-20-17(23)6-14(26-20)5-12-3-4-13(25-12)8-19-18(24)7-15(27-19)10-21(22)28-16/h3-10,26-27H,11H2,1-2H3. The van der Waals surface area contributed by atoms with Crippen molar-refractivity contribution in [2.75, 3.05) is 0 Å². The fraction of sp³-hybridized carbons (Fsp3) is 0.182. The predicted molar refractivity (Wildman–Crippen MR) is 122 cm³/mol. The summed E-state index contributed by atoms with van der Waals surface area (Å²) in [7, 11) is 0. The molecule has 3 aromatic rings. The number of hydrogen-bond donors (Lipinski definition) is 2. The molecule has 5 rings (SSSR count). The monoisotopic (exact) mass is 496 g/mol. The number of halogens is 2. The first kappa shape index (κ1) is 17.9. The van der Waals surface area contributed by atoms with Crippen molar-refractivity contribution >= 4 is 66.1 Å². The van der Waals surface area contributed by atoms with Crippen LogP contribution in [0.4, 0.5) is 0 Å². The zero-order valence-corrected chi connectivity index (χ0v) is 18.6. The number of fused-ring (bicyclic) bond motifs is 8. The molecule has 28 heavy (non-hydrogen) atoms. The van der Waals surface area contributed by atoms with E-state index in [1.165, 1.54) is 0 Å². The van der Waals surface area contributed by atoms with Crippen molar-refractivity contribution in [3.63, 3.8) is 0 Å². The Morgan fingerprint density at radius 3 is 2.11 bits per heavy atom. The second-order valence-electron chi connectivity index (χ2n) is 7.89. The lowest BCUT2D eigenvalue weighted by atomic mass is 9.87. The minimum absolute atomic E-state index is 0.0168. The normalized spacial score (nSPS) is 15.1. The lowest BCUT2D eigenvalue weighted by Gasteiger charge is -2.15. The van der Waals surface area contributed by atoms with Gasteiger partial charge in [0.15, 0.2) is 0 Å². The van der Waals surface area contributed by atoms with E-state index >= 15 is 0 Å². The average Bonchev–Trinajstić information content (AvgIpc) is 3.33. The Kier molecular flexibility index (Phi) is 4.10. The van der Waals surface area contributed by atoms with Crippen LogP contribution in [0.2, 0.25) is 0 Å². The Morgan fingerprint density at radius 2 is 1.39 bits per heavy atom. The fourth-order valence-corrected chi connectivity index (χ4v) is 4.59. The molecule has 0 aromatic carbocycles. The first-order valence-corrected chi connectivity index (χ1v) is 10.7.